The number of hydrogen-bond donors (Lipinski definition) is 0. The monoisotopic (exact) mass is 341 g/mol. The van der Waals surface area contributed by atoms with Crippen LogP contribution >= 0.6 is 0 Å². The Kier molecular flexibility index (Phi) is 7.86. The number of benzene rings is 2. The molecule has 3 nitrogen and oxygen atoms in total. The molecule has 0 atom stereocenters. The van der Waals surface area contributed by atoms with E-state index in [9.17, 15) is 9.18 Å². The number of nitrogens with zero attached hydrogens (tertiary/aromatic N) is 1. The second kappa shape index (κ2) is 10.4. The lowest BCUT2D eigenvalue weighted by Gasteiger charge is -2.21. The Bertz CT molecular complexity index is 668. The summed E-state index contributed by atoms with van der Waals surface area (Å²) in [5.41, 5.74) is 2.06. The van der Waals surface area contributed by atoms with E-state index in [1.54, 1.807) is 30.2 Å². The van der Waals surface area contributed by atoms with Crippen LogP contribution in [-0.4, -0.2) is 37.6 Å². The maximum atomic E-state index is 12.9. The third-order valence-corrected chi connectivity index (χ3v) is 3.90. The molecule has 2 rings (SSSR count). The van der Waals surface area contributed by atoms with Crippen molar-refractivity contribution in [2.45, 2.75) is 12.8 Å². The van der Waals surface area contributed by atoms with Crippen LogP contribution in [0.5, 0.6) is 0 Å². The Morgan fingerprint density at radius 3 is 2.48 bits per heavy atom. The number of amides is 1. The normalized spacial score (nSPS) is 11.0. The van der Waals surface area contributed by atoms with Crippen molar-refractivity contribution in [3.8, 4) is 0 Å². The molecule has 132 valence electrons. The van der Waals surface area contributed by atoms with E-state index >= 15 is 0 Å². The van der Waals surface area contributed by atoms with Gasteiger partial charge in [-0.25, -0.2) is 4.39 Å². The van der Waals surface area contributed by atoms with Gasteiger partial charge in [0.05, 0.1) is 6.61 Å². The molecule has 0 unspecified atom stereocenters. The number of methoxy groups -OCH3 is 1. The van der Waals surface area contributed by atoms with E-state index < -0.39 is 0 Å². The molecule has 2 aromatic carbocycles. The number of rotatable bonds is 9. The predicted octanol–water partition coefficient (Wildman–Crippen LogP) is 3.95. The third-order valence-electron chi connectivity index (χ3n) is 3.90. The summed E-state index contributed by atoms with van der Waals surface area (Å²) in [4.78, 5) is 14.2. The molecular formula is C21H24FNO2. The quantitative estimate of drug-likeness (QED) is 0.647. The van der Waals surface area contributed by atoms with Gasteiger partial charge in [-0.15, -0.1) is 0 Å². The van der Waals surface area contributed by atoms with Crippen molar-refractivity contribution in [1.29, 1.82) is 0 Å². The second-order valence-corrected chi connectivity index (χ2v) is 5.79. The van der Waals surface area contributed by atoms with Gasteiger partial charge in [0.2, 0.25) is 5.91 Å². The van der Waals surface area contributed by atoms with Gasteiger partial charge >= 0.3 is 0 Å². The number of hydrogen-bond acceptors (Lipinski definition) is 2. The van der Waals surface area contributed by atoms with E-state index in [1.807, 2.05) is 18.2 Å². The number of carbonyl (C=O) groups is 1. The zero-order chi connectivity index (χ0) is 17.9. The van der Waals surface area contributed by atoms with Gasteiger partial charge in [0.15, 0.2) is 0 Å². The Labute approximate surface area is 148 Å². The highest BCUT2D eigenvalue weighted by Gasteiger charge is 2.10. The fraction of sp³-hybridized carbons (Fsp3) is 0.286. The van der Waals surface area contributed by atoms with Crippen molar-refractivity contribution in [1.82, 2.24) is 4.90 Å². The Hall–Kier alpha value is -2.46. The van der Waals surface area contributed by atoms with Crippen molar-refractivity contribution < 1.29 is 13.9 Å². The second-order valence-electron chi connectivity index (χ2n) is 5.79. The molecule has 0 saturated carbocycles. The Morgan fingerprint density at radius 1 is 1.08 bits per heavy atom. The topological polar surface area (TPSA) is 29.5 Å². The lowest BCUT2D eigenvalue weighted by Crippen LogP contribution is -2.33. The lowest BCUT2D eigenvalue weighted by molar-refractivity contribution is -0.126. The fourth-order valence-corrected chi connectivity index (χ4v) is 2.50. The zero-order valence-corrected chi connectivity index (χ0v) is 14.5. The molecule has 0 aliphatic rings. The van der Waals surface area contributed by atoms with Gasteiger partial charge in [-0.3, -0.25) is 4.79 Å². The van der Waals surface area contributed by atoms with Gasteiger partial charge in [-0.1, -0.05) is 42.5 Å². The van der Waals surface area contributed by atoms with Gasteiger partial charge in [-0.2, -0.15) is 0 Å². The van der Waals surface area contributed by atoms with Gasteiger partial charge in [0, 0.05) is 26.3 Å². The number of halogens is 1. The first-order chi connectivity index (χ1) is 12.2. The molecule has 0 aliphatic carbocycles. The molecule has 25 heavy (non-hydrogen) atoms. The highest BCUT2D eigenvalue weighted by atomic mass is 19.1. The Balaban J connectivity index is 1.90. The summed E-state index contributed by atoms with van der Waals surface area (Å²) in [6.45, 7) is 1.73. The molecule has 0 aliphatic heterocycles. The molecule has 0 aromatic heterocycles. The predicted molar refractivity (Wildman–Crippen MR) is 98.7 cm³/mol. The van der Waals surface area contributed by atoms with Crippen LogP contribution in [0.15, 0.2) is 60.7 Å². The van der Waals surface area contributed by atoms with Crippen LogP contribution in [-0.2, 0) is 16.0 Å². The lowest BCUT2D eigenvalue weighted by atomic mass is 10.1. The zero-order valence-electron chi connectivity index (χ0n) is 14.5. The molecule has 2 aromatic rings. The van der Waals surface area contributed by atoms with Crippen molar-refractivity contribution in [3.05, 3.63) is 77.6 Å². The van der Waals surface area contributed by atoms with Crippen LogP contribution in [0.4, 0.5) is 4.39 Å². The third kappa shape index (κ3) is 6.89. The summed E-state index contributed by atoms with van der Waals surface area (Å²) in [5.74, 6) is -0.347. The van der Waals surface area contributed by atoms with Gasteiger partial charge in [0.1, 0.15) is 5.82 Å². The minimum absolute atomic E-state index is 0.0607. The number of carbonyl (C=O) groups excluding carboxylic acids is 1. The molecule has 0 radical (unpaired) electrons. The summed E-state index contributed by atoms with van der Waals surface area (Å²) in [7, 11) is 1.63. The Morgan fingerprint density at radius 2 is 1.80 bits per heavy atom. The summed E-state index contributed by atoms with van der Waals surface area (Å²) in [5, 5.41) is 0. The van der Waals surface area contributed by atoms with Gasteiger partial charge < -0.3 is 9.64 Å². The van der Waals surface area contributed by atoms with Crippen LogP contribution in [0.1, 0.15) is 17.5 Å². The van der Waals surface area contributed by atoms with E-state index in [-0.39, 0.29) is 11.7 Å². The fourth-order valence-electron chi connectivity index (χ4n) is 2.50. The first kappa shape index (κ1) is 18.9. The summed E-state index contributed by atoms with van der Waals surface area (Å²) in [6, 6.07) is 16.3. The summed E-state index contributed by atoms with van der Waals surface area (Å²) < 4.78 is 18.0. The maximum absolute atomic E-state index is 12.9. The molecule has 1 amide bonds. The smallest absolute Gasteiger partial charge is 0.246 e. The summed E-state index contributed by atoms with van der Waals surface area (Å²) >= 11 is 0. The molecule has 0 heterocycles. The highest BCUT2D eigenvalue weighted by Crippen LogP contribution is 2.07. The first-order valence-electron chi connectivity index (χ1n) is 8.44. The van der Waals surface area contributed by atoms with E-state index in [0.29, 0.717) is 19.7 Å². The van der Waals surface area contributed by atoms with Crippen molar-refractivity contribution >= 4 is 12.0 Å². The molecule has 0 N–H and O–H groups in total. The number of ether oxygens (including phenoxy) is 1. The standard InChI is InChI=1S/C21H24FNO2/c1-25-17-16-23(15-5-8-18-6-3-2-4-7-18)21(24)14-11-19-9-12-20(22)13-10-19/h2-4,6-7,9-14H,5,8,15-17H2,1H3. The average molecular weight is 341 g/mol. The SMILES string of the molecule is COCCN(CCCc1ccccc1)C(=O)C=Cc1ccc(F)cc1. The van der Waals surface area contributed by atoms with E-state index in [1.165, 1.54) is 23.8 Å². The molecule has 0 bridgehead atoms. The van der Waals surface area contributed by atoms with Crippen molar-refractivity contribution in [2.75, 3.05) is 26.8 Å². The minimum Gasteiger partial charge on any atom is -0.383 e. The van der Waals surface area contributed by atoms with Gasteiger partial charge in [0.25, 0.3) is 0 Å². The minimum atomic E-state index is -0.286. The van der Waals surface area contributed by atoms with Crippen LogP contribution in [0.2, 0.25) is 0 Å². The maximum Gasteiger partial charge on any atom is 0.246 e. The van der Waals surface area contributed by atoms with E-state index in [4.69, 9.17) is 4.74 Å². The largest absolute Gasteiger partial charge is 0.383 e. The van der Waals surface area contributed by atoms with Crippen LogP contribution in [0.3, 0.4) is 0 Å². The molecular weight excluding hydrogens is 317 g/mol. The van der Waals surface area contributed by atoms with Crippen LogP contribution < -0.4 is 0 Å². The molecule has 0 saturated heterocycles. The number of aryl methyl sites for hydroxylation is 1. The van der Waals surface area contributed by atoms with Gasteiger partial charge in [-0.05, 0) is 42.2 Å². The van der Waals surface area contributed by atoms with E-state index in [0.717, 1.165) is 18.4 Å². The first-order valence-corrected chi connectivity index (χ1v) is 8.44. The average Bonchev–Trinajstić information content (AvgIpc) is 2.64. The van der Waals surface area contributed by atoms with Crippen molar-refractivity contribution in [3.63, 3.8) is 0 Å². The molecule has 0 fully saturated rings. The van der Waals surface area contributed by atoms with Crippen LogP contribution in [0, 0.1) is 5.82 Å². The molecule has 4 heteroatoms. The summed E-state index contributed by atoms with van der Waals surface area (Å²) in [6.07, 6.45) is 5.06. The highest BCUT2D eigenvalue weighted by molar-refractivity contribution is 5.91. The van der Waals surface area contributed by atoms with Crippen molar-refractivity contribution in [2.24, 2.45) is 0 Å². The molecule has 0 spiro atoms. The van der Waals surface area contributed by atoms with E-state index in [2.05, 4.69) is 12.1 Å². The van der Waals surface area contributed by atoms with Crippen LogP contribution in [0.25, 0.3) is 6.08 Å².